The van der Waals surface area contributed by atoms with E-state index in [1.54, 1.807) is 6.20 Å². The van der Waals surface area contributed by atoms with E-state index >= 15 is 0 Å². The third-order valence-corrected chi connectivity index (χ3v) is 2.86. The second-order valence-electron chi connectivity index (χ2n) is 3.43. The molecule has 2 heterocycles. The second kappa shape index (κ2) is 3.42. The fourth-order valence-electron chi connectivity index (χ4n) is 1.48. The molecule has 0 aliphatic carbocycles. The van der Waals surface area contributed by atoms with E-state index in [1.807, 2.05) is 6.07 Å². The van der Waals surface area contributed by atoms with E-state index in [0.29, 0.717) is 11.7 Å². The first-order chi connectivity index (χ1) is 6.70. The van der Waals surface area contributed by atoms with Crippen LogP contribution in [0.15, 0.2) is 12.3 Å². The van der Waals surface area contributed by atoms with E-state index in [1.165, 1.54) is 11.5 Å². The highest BCUT2D eigenvalue weighted by Crippen LogP contribution is 2.32. The molecule has 0 aromatic carbocycles. The molecule has 3 N–H and O–H groups in total. The monoisotopic (exact) mass is 208 g/mol. The molecule has 0 amide bonds. The first-order valence-electron chi connectivity index (χ1n) is 4.45. The molecule has 0 aliphatic rings. The second-order valence-corrected chi connectivity index (χ2v) is 4.26. The van der Waals surface area contributed by atoms with E-state index in [-0.39, 0.29) is 0 Å². The van der Waals surface area contributed by atoms with Crippen molar-refractivity contribution in [1.82, 2.24) is 14.6 Å². The SMILES string of the molecule is CC(C)c1c(N)n[nH]c1-c1ccns1. The van der Waals surface area contributed by atoms with E-state index < -0.39 is 0 Å². The molecule has 74 valence electrons. The van der Waals surface area contributed by atoms with Crippen LogP contribution in [0.4, 0.5) is 5.82 Å². The number of rotatable bonds is 2. The quantitative estimate of drug-likeness (QED) is 0.795. The van der Waals surface area contributed by atoms with Gasteiger partial charge >= 0.3 is 0 Å². The third kappa shape index (κ3) is 1.39. The van der Waals surface area contributed by atoms with Crippen molar-refractivity contribution in [2.75, 3.05) is 5.73 Å². The normalized spacial score (nSPS) is 11.1. The Labute approximate surface area is 86.3 Å². The lowest BCUT2D eigenvalue weighted by atomic mass is 10.0. The molecule has 14 heavy (non-hydrogen) atoms. The van der Waals surface area contributed by atoms with Gasteiger partial charge in [0.05, 0.1) is 10.6 Å². The van der Waals surface area contributed by atoms with Gasteiger partial charge in [-0.3, -0.25) is 5.10 Å². The van der Waals surface area contributed by atoms with Crippen LogP contribution in [0.25, 0.3) is 10.6 Å². The summed E-state index contributed by atoms with van der Waals surface area (Å²) in [6.45, 7) is 4.21. The molecule has 2 aromatic heterocycles. The summed E-state index contributed by atoms with van der Waals surface area (Å²) in [6.07, 6.45) is 1.78. The zero-order valence-electron chi connectivity index (χ0n) is 8.11. The molecule has 0 spiro atoms. The number of hydrogen-bond donors (Lipinski definition) is 2. The number of nitrogens with two attached hydrogens (primary N) is 1. The molecule has 0 saturated heterocycles. The smallest absolute Gasteiger partial charge is 0.149 e. The molecule has 0 aliphatic heterocycles. The summed E-state index contributed by atoms with van der Waals surface area (Å²) in [5.74, 6) is 0.953. The van der Waals surface area contributed by atoms with Gasteiger partial charge in [0.2, 0.25) is 0 Å². The fraction of sp³-hybridized carbons (Fsp3) is 0.333. The predicted molar refractivity (Wildman–Crippen MR) is 58.2 cm³/mol. The topological polar surface area (TPSA) is 67.6 Å². The summed E-state index contributed by atoms with van der Waals surface area (Å²) in [6, 6.07) is 1.96. The minimum absolute atomic E-state index is 0.367. The summed E-state index contributed by atoms with van der Waals surface area (Å²) in [4.78, 5) is 1.08. The molecule has 0 atom stereocenters. The van der Waals surface area contributed by atoms with Crippen molar-refractivity contribution in [3.05, 3.63) is 17.8 Å². The van der Waals surface area contributed by atoms with E-state index in [4.69, 9.17) is 5.73 Å². The van der Waals surface area contributed by atoms with Crippen LogP contribution in [0.2, 0.25) is 0 Å². The Balaban J connectivity index is 2.54. The van der Waals surface area contributed by atoms with Gasteiger partial charge < -0.3 is 5.73 Å². The van der Waals surface area contributed by atoms with Crippen LogP contribution in [0.1, 0.15) is 25.3 Å². The van der Waals surface area contributed by atoms with Crippen molar-refractivity contribution < 1.29 is 0 Å². The molecule has 2 rings (SSSR count). The highest BCUT2D eigenvalue weighted by atomic mass is 32.1. The molecule has 5 heteroatoms. The average molecular weight is 208 g/mol. The first-order valence-corrected chi connectivity index (χ1v) is 5.22. The molecule has 0 fully saturated rings. The summed E-state index contributed by atoms with van der Waals surface area (Å²) >= 11 is 1.44. The van der Waals surface area contributed by atoms with Crippen molar-refractivity contribution in [1.29, 1.82) is 0 Å². The van der Waals surface area contributed by atoms with Crippen LogP contribution in [0, 0.1) is 0 Å². The van der Waals surface area contributed by atoms with Crippen LogP contribution in [0.3, 0.4) is 0 Å². The lowest BCUT2D eigenvalue weighted by molar-refractivity contribution is 0.873. The number of anilines is 1. The van der Waals surface area contributed by atoms with Crippen LogP contribution in [0.5, 0.6) is 0 Å². The van der Waals surface area contributed by atoms with Gasteiger partial charge in [-0.15, -0.1) is 0 Å². The number of aromatic nitrogens is 3. The zero-order chi connectivity index (χ0) is 10.1. The fourth-order valence-corrected chi connectivity index (χ4v) is 2.09. The van der Waals surface area contributed by atoms with Gasteiger partial charge in [0.25, 0.3) is 0 Å². The van der Waals surface area contributed by atoms with Crippen molar-refractivity contribution in [2.45, 2.75) is 19.8 Å². The van der Waals surface area contributed by atoms with Crippen molar-refractivity contribution in [2.24, 2.45) is 0 Å². The molecule has 2 aromatic rings. The maximum Gasteiger partial charge on any atom is 0.149 e. The van der Waals surface area contributed by atoms with E-state index in [2.05, 4.69) is 28.4 Å². The molecule has 0 saturated carbocycles. The lowest BCUT2D eigenvalue weighted by Gasteiger charge is -2.04. The molecule has 0 bridgehead atoms. The summed E-state index contributed by atoms with van der Waals surface area (Å²) in [7, 11) is 0. The minimum atomic E-state index is 0.367. The largest absolute Gasteiger partial charge is 0.382 e. The number of nitrogens with zero attached hydrogens (tertiary/aromatic N) is 2. The minimum Gasteiger partial charge on any atom is -0.382 e. The van der Waals surface area contributed by atoms with Crippen LogP contribution >= 0.6 is 11.5 Å². The summed E-state index contributed by atoms with van der Waals surface area (Å²) in [5, 5.41) is 6.98. The molecule has 0 unspecified atom stereocenters. The Morgan fingerprint density at radius 2 is 2.29 bits per heavy atom. The average Bonchev–Trinajstić information content (AvgIpc) is 2.70. The number of nitrogens with one attached hydrogen (secondary N) is 1. The molecular formula is C9H12N4S. The Kier molecular flexibility index (Phi) is 2.25. The summed E-state index contributed by atoms with van der Waals surface area (Å²) < 4.78 is 4.06. The van der Waals surface area contributed by atoms with Crippen molar-refractivity contribution in [3.8, 4) is 10.6 Å². The van der Waals surface area contributed by atoms with E-state index in [0.717, 1.165) is 16.1 Å². The van der Waals surface area contributed by atoms with Crippen LogP contribution in [-0.4, -0.2) is 14.6 Å². The maximum absolute atomic E-state index is 5.79. The van der Waals surface area contributed by atoms with Crippen molar-refractivity contribution in [3.63, 3.8) is 0 Å². The Hall–Kier alpha value is -1.36. The van der Waals surface area contributed by atoms with E-state index in [9.17, 15) is 0 Å². The van der Waals surface area contributed by atoms with Crippen LogP contribution < -0.4 is 5.73 Å². The standard InChI is InChI=1S/C9H12N4S/c1-5(2)7-8(12-13-9(7)10)6-3-4-11-14-6/h3-5H,1-2H3,(H3,10,12,13). The predicted octanol–water partition coefficient (Wildman–Crippen LogP) is 2.24. The highest BCUT2D eigenvalue weighted by molar-refractivity contribution is 7.09. The van der Waals surface area contributed by atoms with Gasteiger partial charge in [0.1, 0.15) is 5.82 Å². The van der Waals surface area contributed by atoms with Crippen LogP contribution in [-0.2, 0) is 0 Å². The highest BCUT2D eigenvalue weighted by Gasteiger charge is 2.16. The number of H-pyrrole nitrogens is 1. The molecule has 4 nitrogen and oxygen atoms in total. The van der Waals surface area contributed by atoms with Gasteiger partial charge in [-0.25, -0.2) is 4.37 Å². The maximum atomic E-state index is 5.79. The summed E-state index contributed by atoms with van der Waals surface area (Å²) in [5.41, 5.74) is 7.87. The van der Waals surface area contributed by atoms with Crippen molar-refractivity contribution >= 4 is 17.4 Å². The Bertz CT molecular complexity index is 416. The third-order valence-electron chi connectivity index (χ3n) is 2.10. The number of hydrogen-bond acceptors (Lipinski definition) is 4. The number of aromatic amines is 1. The zero-order valence-corrected chi connectivity index (χ0v) is 8.93. The van der Waals surface area contributed by atoms with Gasteiger partial charge in [-0.2, -0.15) is 5.10 Å². The molecule has 0 radical (unpaired) electrons. The van der Waals surface area contributed by atoms with Gasteiger partial charge in [0.15, 0.2) is 0 Å². The molecular weight excluding hydrogens is 196 g/mol. The van der Waals surface area contributed by atoms with Gasteiger partial charge in [-0.1, -0.05) is 13.8 Å². The number of nitrogen functional groups attached to an aromatic ring is 1. The lowest BCUT2D eigenvalue weighted by Crippen LogP contribution is -1.94. The van der Waals surface area contributed by atoms with Gasteiger partial charge in [0, 0.05) is 11.8 Å². The first kappa shape index (κ1) is 9.21. The van der Waals surface area contributed by atoms with Gasteiger partial charge in [-0.05, 0) is 23.5 Å². The Morgan fingerprint density at radius 3 is 2.86 bits per heavy atom. The Morgan fingerprint density at radius 1 is 1.50 bits per heavy atom.